The van der Waals surface area contributed by atoms with Crippen LogP contribution >= 0.6 is 0 Å². The number of oxime groups is 1. The van der Waals surface area contributed by atoms with Crippen molar-refractivity contribution in [3.8, 4) is 0 Å². The number of hydrogen-bond donors (Lipinski definition) is 0. The highest BCUT2D eigenvalue weighted by molar-refractivity contribution is 5.79. The molecule has 0 bridgehead atoms. The van der Waals surface area contributed by atoms with E-state index in [1.54, 1.807) is 12.1 Å². The van der Waals surface area contributed by atoms with E-state index in [1.807, 2.05) is 0 Å². The molecule has 0 aromatic heterocycles. The lowest BCUT2D eigenvalue weighted by Gasteiger charge is -1.92. The predicted molar refractivity (Wildman–Crippen MR) is 47.7 cm³/mol. The molecule has 0 radical (unpaired) electrons. The van der Waals surface area contributed by atoms with E-state index in [4.69, 9.17) is 0 Å². The summed E-state index contributed by atoms with van der Waals surface area (Å²) in [7, 11) is 1.43. The number of non-ortho nitro benzene ring substituents is 1. The Morgan fingerprint density at radius 2 is 2.08 bits per heavy atom. The minimum Gasteiger partial charge on any atom is -0.399 e. The van der Waals surface area contributed by atoms with Crippen LogP contribution in [-0.4, -0.2) is 18.2 Å². The van der Waals surface area contributed by atoms with Crippen molar-refractivity contribution in [2.24, 2.45) is 5.16 Å². The molecular formula is C8H8N2O3. The Balaban J connectivity index is 2.81. The molecule has 0 atom stereocenters. The molecule has 0 fully saturated rings. The molecule has 5 heteroatoms. The van der Waals surface area contributed by atoms with Gasteiger partial charge in [0.05, 0.1) is 11.1 Å². The van der Waals surface area contributed by atoms with Crippen LogP contribution in [0.5, 0.6) is 0 Å². The van der Waals surface area contributed by atoms with Gasteiger partial charge in [0.25, 0.3) is 5.69 Å². The molecule has 1 aromatic carbocycles. The normalized spacial score (nSPS) is 10.2. The van der Waals surface area contributed by atoms with Crippen molar-refractivity contribution in [3.63, 3.8) is 0 Å². The van der Waals surface area contributed by atoms with Gasteiger partial charge in [0, 0.05) is 12.1 Å². The molecule has 0 saturated heterocycles. The van der Waals surface area contributed by atoms with Crippen LogP contribution in [0.15, 0.2) is 29.4 Å². The largest absolute Gasteiger partial charge is 0.399 e. The maximum absolute atomic E-state index is 10.3. The second-order valence-electron chi connectivity index (χ2n) is 2.27. The van der Waals surface area contributed by atoms with Gasteiger partial charge < -0.3 is 4.84 Å². The van der Waals surface area contributed by atoms with Crippen molar-refractivity contribution in [1.29, 1.82) is 0 Å². The van der Waals surface area contributed by atoms with Gasteiger partial charge in [-0.3, -0.25) is 10.1 Å². The quantitative estimate of drug-likeness (QED) is 0.403. The van der Waals surface area contributed by atoms with Crippen LogP contribution in [0.25, 0.3) is 0 Å². The number of nitrogens with zero attached hydrogens (tertiary/aromatic N) is 2. The van der Waals surface area contributed by atoms with Gasteiger partial charge in [0.2, 0.25) is 0 Å². The fourth-order valence-electron chi connectivity index (χ4n) is 0.796. The summed E-state index contributed by atoms with van der Waals surface area (Å²) >= 11 is 0. The minimum atomic E-state index is -0.447. The summed E-state index contributed by atoms with van der Waals surface area (Å²) in [5, 5.41) is 13.8. The Morgan fingerprint density at radius 3 is 2.54 bits per heavy atom. The second-order valence-corrected chi connectivity index (χ2v) is 2.27. The first kappa shape index (κ1) is 9.18. The molecule has 0 aliphatic heterocycles. The number of hydrogen-bond acceptors (Lipinski definition) is 4. The van der Waals surface area contributed by atoms with Gasteiger partial charge in [-0.15, -0.1) is 0 Å². The fraction of sp³-hybridized carbons (Fsp3) is 0.125. The molecule has 0 saturated carbocycles. The highest BCUT2D eigenvalue weighted by atomic mass is 16.6. The highest BCUT2D eigenvalue weighted by Gasteiger charge is 2.02. The number of benzene rings is 1. The van der Waals surface area contributed by atoms with Crippen LogP contribution in [-0.2, 0) is 4.84 Å². The monoisotopic (exact) mass is 180 g/mol. The van der Waals surface area contributed by atoms with Crippen LogP contribution < -0.4 is 0 Å². The molecule has 0 aliphatic rings. The number of nitro groups is 1. The maximum Gasteiger partial charge on any atom is 0.269 e. The van der Waals surface area contributed by atoms with E-state index in [0.717, 1.165) is 5.56 Å². The Kier molecular flexibility index (Phi) is 2.97. The first-order valence-corrected chi connectivity index (χ1v) is 3.55. The van der Waals surface area contributed by atoms with Crippen LogP contribution in [0.2, 0.25) is 0 Å². The summed E-state index contributed by atoms with van der Waals surface area (Å²) in [6.45, 7) is 0. The van der Waals surface area contributed by atoms with E-state index < -0.39 is 4.92 Å². The lowest BCUT2D eigenvalue weighted by molar-refractivity contribution is -0.384. The van der Waals surface area contributed by atoms with Gasteiger partial charge in [-0.1, -0.05) is 5.16 Å². The van der Waals surface area contributed by atoms with E-state index in [2.05, 4.69) is 9.99 Å². The smallest absolute Gasteiger partial charge is 0.269 e. The molecule has 68 valence electrons. The molecule has 1 rings (SSSR count). The molecule has 1 aromatic rings. The van der Waals surface area contributed by atoms with Crippen molar-refractivity contribution >= 4 is 11.9 Å². The maximum atomic E-state index is 10.3. The minimum absolute atomic E-state index is 0.0644. The summed E-state index contributed by atoms with van der Waals surface area (Å²) in [5.41, 5.74) is 0.821. The van der Waals surface area contributed by atoms with Crippen molar-refractivity contribution in [2.45, 2.75) is 0 Å². The third kappa shape index (κ3) is 2.55. The third-order valence-electron chi connectivity index (χ3n) is 1.41. The zero-order chi connectivity index (χ0) is 9.68. The summed E-state index contributed by atoms with van der Waals surface area (Å²) in [5.74, 6) is 0. The van der Waals surface area contributed by atoms with Crippen molar-refractivity contribution in [2.75, 3.05) is 7.11 Å². The fourth-order valence-corrected chi connectivity index (χ4v) is 0.796. The Labute approximate surface area is 74.8 Å². The predicted octanol–water partition coefficient (Wildman–Crippen LogP) is 1.58. The summed E-state index contributed by atoms with van der Waals surface area (Å²) < 4.78 is 0. The first-order valence-electron chi connectivity index (χ1n) is 3.55. The zero-order valence-corrected chi connectivity index (χ0v) is 7.01. The molecule has 5 nitrogen and oxygen atoms in total. The molecule has 0 unspecified atom stereocenters. The molecule has 0 spiro atoms. The van der Waals surface area contributed by atoms with Crippen molar-refractivity contribution in [1.82, 2.24) is 0 Å². The molecule has 0 heterocycles. The van der Waals surface area contributed by atoms with E-state index in [-0.39, 0.29) is 5.69 Å². The number of rotatable bonds is 3. The van der Waals surface area contributed by atoms with E-state index in [9.17, 15) is 10.1 Å². The van der Waals surface area contributed by atoms with Gasteiger partial charge in [-0.25, -0.2) is 0 Å². The van der Waals surface area contributed by atoms with Crippen LogP contribution in [0, 0.1) is 10.1 Å². The average Bonchev–Trinajstić information content (AvgIpc) is 2.15. The van der Waals surface area contributed by atoms with Gasteiger partial charge in [-0.2, -0.15) is 0 Å². The van der Waals surface area contributed by atoms with Crippen LogP contribution in [0.1, 0.15) is 5.56 Å². The molecular weight excluding hydrogens is 172 g/mol. The summed E-state index contributed by atoms with van der Waals surface area (Å²) in [6, 6.07) is 6.02. The van der Waals surface area contributed by atoms with Gasteiger partial charge >= 0.3 is 0 Å². The van der Waals surface area contributed by atoms with E-state index >= 15 is 0 Å². The second kappa shape index (κ2) is 4.20. The first-order chi connectivity index (χ1) is 6.24. The zero-order valence-electron chi connectivity index (χ0n) is 7.01. The summed E-state index contributed by atoms with van der Waals surface area (Å²) in [4.78, 5) is 14.3. The van der Waals surface area contributed by atoms with Crippen molar-refractivity contribution < 1.29 is 9.76 Å². The lowest BCUT2D eigenvalue weighted by Crippen LogP contribution is -1.88. The van der Waals surface area contributed by atoms with E-state index in [0.29, 0.717) is 0 Å². The molecule has 0 N–H and O–H groups in total. The topological polar surface area (TPSA) is 64.7 Å². The molecule has 13 heavy (non-hydrogen) atoms. The van der Waals surface area contributed by atoms with Gasteiger partial charge in [0.15, 0.2) is 0 Å². The lowest BCUT2D eigenvalue weighted by atomic mass is 10.2. The molecule has 0 amide bonds. The Hall–Kier alpha value is -1.91. The molecule has 0 aliphatic carbocycles. The Bertz CT molecular complexity index is 319. The van der Waals surface area contributed by atoms with Crippen LogP contribution in [0.3, 0.4) is 0 Å². The SMILES string of the molecule is CO/N=C/c1ccc([N+](=O)[O-])cc1. The highest BCUT2D eigenvalue weighted by Crippen LogP contribution is 2.10. The third-order valence-corrected chi connectivity index (χ3v) is 1.41. The Morgan fingerprint density at radius 1 is 1.46 bits per heavy atom. The van der Waals surface area contributed by atoms with Gasteiger partial charge in [0.1, 0.15) is 7.11 Å². The number of nitro benzene ring substituents is 1. The average molecular weight is 180 g/mol. The van der Waals surface area contributed by atoms with Crippen LogP contribution in [0.4, 0.5) is 5.69 Å². The standard InChI is InChI=1S/C8H8N2O3/c1-13-9-6-7-2-4-8(5-3-7)10(11)12/h2-6H,1H3/b9-6+. The van der Waals surface area contributed by atoms with E-state index in [1.165, 1.54) is 25.5 Å². The summed E-state index contributed by atoms with van der Waals surface area (Å²) in [6.07, 6.45) is 1.48. The van der Waals surface area contributed by atoms with Gasteiger partial charge in [-0.05, 0) is 17.7 Å². The van der Waals surface area contributed by atoms with Crippen molar-refractivity contribution in [3.05, 3.63) is 39.9 Å².